The van der Waals surface area contributed by atoms with Crippen LogP contribution >= 0.6 is 11.6 Å². The van der Waals surface area contributed by atoms with Crippen LogP contribution in [-0.2, 0) is 4.79 Å². The van der Waals surface area contributed by atoms with Gasteiger partial charge in [0.05, 0.1) is 17.2 Å². The van der Waals surface area contributed by atoms with E-state index >= 15 is 0 Å². The fraction of sp³-hybridized carbons (Fsp3) is 0.300. The minimum Gasteiger partial charge on any atom is -0.336 e. The third-order valence-corrected chi connectivity index (χ3v) is 5.08. The van der Waals surface area contributed by atoms with Gasteiger partial charge < -0.3 is 10.2 Å². The van der Waals surface area contributed by atoms with Crippen LogP contribution in [-0.4, -0.2) is 59.3 Å². The summed E-state index contributed by atoms with van der Waals surface area (Å²) in [5.74, 6) is -0.302. The summed E-state index contributed by atoms with van der Waals surface area (Å²) in [5, 5.41) is 14.2. The fourth-order valence-electron chi connectivity index (χ4n) is 3.14. The molecule has 3 rings (SSSR count). The van der Waals surface area contributed by atoms with Gasteiger partial charge in [-0.15, -0.1) is 0 Å². The van der Waals surface area contributed by atoms with Crippen LogP contribution in [0.15, 0.2) is 42.5 Å². The van der Waals surface area contributed by atoms with E-state index in [1.165, 1.54) is 12.1 Å². The first-order valence-electron chi connectivity index (χ1n) is 9.15. The monoisotopic (exact) mass is 416 g/mol. The van der Waals surface area contributed by atoms with Crippen molar-refractivity contribution in [2.24, 2.45) is 0 Å². The van der Waals surface area contributed by atoms with Crippen molar-refractivity contribution in [3.63, 3.8) is 0 Å². The Labute approximate surface area is 173 Å². The number of hydrogen-bond acceptors (Lipinski definition) is 5. The molecule has 0 atom stereocenters. The molecular formula is C20H21ClN4O4. The van der Waals surface area contributed by atoms with Crippen LogP contribution in [0.1, 0.15) is 15.9 Å². The molecule has 1 N–H and O–H groups in total. The Bertz CT molecular complexity index is 925. The van der Waals surface area contributed by atoms with Gasteiger partial charge in [-0.25, -0.2) is 0 Å². The van der Waals surface area contributed by atoms with Crippen molar-refractivity contribution in [3.8, 4) is 0 Å². The van der Waals surface area contributed by atoms with Crippen molar-refractivity contribution in [1.29, 1.82) is 0 Å². The van der Waals surface area contributed by atoms with Gasteiger partial charge in [0.15, 0.2) is 0 Å². The zero-order valence-corrected chi connectivity index (χ0v) is 16.7. The number of benzene rings is 2. The van der Waals surface area contributed by atoms with E-state index in [0.717, 1.165) is 5.56 Å². The quantitative estimate of drug-likeness (QED) is 0.597. The van der Waals surface area contributed by atoms with Crippen LogP contribution in [0.2, 0.25) is 5.02 Å². The van der Waals surface area contributed by atoms with Gasteiger partial charge in [-0.05, 0) is 36.8 Å². The summed E-state index contributed by atoms with van der Waals surface area (Å²) in [6.07, 6.45) is 0. The second kappa shape index (κ2) is 9.02. The highest BCUT2D eigenvalue weighted by molar-refractivity contribution is 6.30. The Morgan fingerprint density at radius 3 is 2.38 bits per heavy atom. The van der Waals surface area contributed by atoms with E-state index in [4.69, 9.17) is 11.6 Å². The van der Waals surface area contributed by atoms with E-state index in [1.807, 2.05) is 4.90 Å². The molecule has 0 bridgehead atoms. The van der Waals surface area contributed by atoms with Gasteiger partial charge in [-0.2, -0.15) is 0 Å². The predicted octanol–water partition coefficient (Wildman–Crippen LogP) is 2.95. The lowest BCUT2D eigenvalue weighted by Crippen LogP contribution is -2.50. The molecule has 0 aromatic heterocycles. The molecule has 1 fully saturated rings. The summed E-state index contributed by atoms with van der Waals surface area (Å²) in [6, 6.07) is 11.1. The van der Waals surface area contributed by atoms with E-state index in [2.05, 4.69) is 5.32 Å². The lowest BCUT2D eigenvalue weighted by molar-refractivity contribution is -0.384. The van der Waals surface area contributed by atoms with Crippen molar-refractivity contribution in [2.75, 3.05) is 38.0 Å². The summed E-state index contributed by atoms with van der Waals surface area (Å²) < 4.78 is 0. The zero-order chi connectivity index (χ0) is 21.0. The maximum atomic E-state index is 12.5. The Kier molecular flexibility index (Phi) is 6.46. The van der Waals surface area contributed by atoms with Crippen LogP contribution in [0.4, 0.5) is 11.4 Å². The first kappa shape index (κ1) is 20.8. The highest BCUT2D eigenvalue weighted by Crippen LogP contribution is 2.22. The Hall–Kier alpha value is -2.97. The molecule has 1 aliphatic heterocycles. The lowest BCUT2D eigenvalue weighted by Gasteiger charge is -2.34. The first-order chi connectivity index (χ1) is 13.8. The highest BCUT2D eigenvalue weighted by Gasteiger charge is 2.23. The van der Waals surface area contributed by atoms with Crippen LogP contribution < -0.4 is 5.32 Å². The molecule has 152 valence electrons. The van der Waals surface area contributed by atoms with Crippen LogP contribution in [0.3, 0.4) is 0 Å². The standard InChI is InChI=1S/C20H21ClN4O4/c1-14-2-7-17(25(28)29)12-18(14)22-19(26)13-23-8-10-24(11-9-23)20(27)15-3-5-16(21)6-4-15/h2-7,12H,8-11,13H2,1H3,(H,22,26). The van der Waals surface area contributed by atoms with Crippen molar-refractivity contribution in [1.82, 2.24) is 9.80 Å². The van der Waals surface area contributed by atoms with E-state index < -0.39 is 4.92 Å². The number of hydrogen-bond donors (Lipinski definition) is 1. The normalized spacial score (nSPS) is 14.5. The molecule has 9 heteroatoms. The van der Waals surface area contributed by atoms with Gasteiger partial charge in [0.2, 0.25) is 5.91 Å². The van der Waals surface area contributed by atoms with Crippen LogP contribution in [0, 0.1) is 17.0 Å². The summed E-state index contributed by atoms with van der Waals surface area (Å²) in [5.41, 5.74) is 1.70. The molecular weight excluding hydrogens is 396 g/mol. The van der Waals surface area contributed by atoms with Gasteiger partial charge >= 0.3 is 0 Å². The summed E-state index contributed by atoms with van der Waals surface area (Å²) in [6.45, 7) is 4.11. The molecule has 0 spiro atoms. The number of nitro benzene ring substituents is 1. The number of non-ortho nitro benzene ring substituents is 1. The third kappa shape index (κ3) is 5.30. The number of aryl methyl sites for hydroxylation is 1. The van der Waals surface area contributed by atoms with E-state index in [-0.39, 0.29) is 24.0 Å². The van der Waals surface area contributed by atoms with Crippen molar-refractivity contribution < 1.29 is 14.5 Å². The Morgan fingerprint density at radius 1 is 1.10 bits per heavy atom. The lowest BCUT2D eigenvalue weighted by atomic mass is 10.1. The molecule has 2 aromatic rings. The number of rotatable bonds is 5. The van der Waals surface area contributed by atoms with Crippen LogP contribution in [0.25, 0.3) is 0 Å². The molecule has 2 aromatic carbocycles. The number of halogens is 1. The van der Waals surface area contributed by atoms with Gasteiger partial charge in [-0.1, -0.05) is 17.7 Å². The molecule has 0 aliphatic carbocycles. The van der Waals surface area contributed by atoms with Gasteiger partial charge in [0.1, 0.15) is 0 Å². The molecule has 29 heavy (non-hydrogen) atoms. The summed E-state index contributed by atoms with van der Waals surface area (Å²) >= 11 is 5.86. The largest absolute Gasteiger partial charge is 0.336 e. The number of carbonyl (C=O) groups is 2. The number of anilines is 1. The van der Waals surface area contributed by atoms with Gasteiger partial charge in [0, 0.05) is 48.9 Å². The summed E-state index contributed by atoms with van der Waals surface area (Å²) in [4.78, 5) is 39.0. The topological polar surface area (TPSA) is 95.8 Å². The molecule has 0 unspecified atom stereocenters. The second-order valence-electron chi connectivity index (χ2n) is 6.88. The van der Waals surface area contributed by atoms with E-state index in [0.29, 0.717) is 42.5 Å². The van der Waals surface area contributed by atoms with Crippen LogP contribution in [0.5, 0.6) is 0 Å². The number of piperazine rings is 1. The highest BCUT2D eigenvalue weighted by atomic mass is 35.5. The molecule has 0 radical (unpaired) electrons. The number of nitro groups is 1. The zero-order valence-electron chi connectivity index (χ0n) is 15.9. The van der Waals surface area contributed by atoms with Gasteiger partial charge in [-0.3, -0.25) is 24.6 Å². The first-order valence-corrected chi connectivity index (χ1v) is 9.53. The van der Waals surface area contributed by atoms with E-state index in [9.17, 15) is 19.7 Å². The Morgan fingerprint density at radius 2 is 1.76 bits per heavy atom. The fourth-order valence-corrected chi connectivity index (χ4v) is 3.26. The minimum atomic E-state index is -0.494. The third-order valence-electron chi connectivity index (χ3n) is 4.82. The Balaban J connectivity index is 1.52. The van der Waals surface area contributed by atoms with Crippen molar-refractivity contribution in [3.05, 3.63) is 68.7 Å². The minimum absolute atomic E-state index is 0.0574. The number of nitrogens with zero attached hydrogens (tertiary/aromatic N) is 3. The molecule has 8 nitrogen and oxygen atoms in total. The average molecular weight is 417 g/mol. The molecule has 1 heterocycles. The maximum absolute atomic E-state index is 12.5. The SMILES string of the molecule is Cc1ccc([N+](=O)[O-])cc1NC(=O)CN1CCN(C(=O)c2ccc(Cl)cc2)CC1. The molecule has 0 saturated carbocycles. The maximum Gasteiger partial charge on any atom is 0.271 e. The number of nitrogens with one attached hydrogen (secondary N) is 1. The summed E-state index contributed by atoms with van der Waals surface area (Å²) in [7, 11) is 0. The molecule has 1 saturated heterocycles. The van der Waals surface area contributed by atoms with E-state index in [1.54, 1.807) is 42.2 Å². The predicted molar refractivity (Wildman–Crippen MR) is 110 cm³/mol. The smallest absolute Gasteiger partial charge is 0.271 e. The average Bonchev–Trinajstić information content (AvgIpc) is 2.70. The second-order valence-corrected chi connectivity index (χ2v) is 7.32. The van der Waals surface area contributed by atoms with Gasteiger partial charge in [0.25, 0.3) is 11.6 Å². The number of amides is 2. The number of carbonyl (C=O) groups excluding carboxylic acids is 2. The molecule has 1 aliphatic rings. The van der Waals surface area contributed by atoms with Crippen molar-refractivity contribution >= 4 is 34.8 Å². The van der Waals surface area contributed by atoms with Crippen molar-refractivity contribution in [2.45, 2.75) is 6.92 Å². The molecule has 2 amide bonds.